The van der Waals surface area contributed by atoms with Crippen molar-refractivity contribution in [3.63, 3.8) is 0 Å². The lowest BCUT2D eigenvalue weighted by Gasteiger charge is -2.10. The minimum absolute atomic E-state index is 0.00468. The van der Waals surface area contributed by atoms with Gasteiger partial charge in [-0.2, -0.15) is 0 Å². The Morgan fingerprint density at radius 1 is 1.30 bits per heavy atom. The third kappa shape index (κ3) is 3.59. The number of amides is 1. The van der Waals surface area contributed by atoms with E-state index < -0.39 is 15.9 Å². The lowest BCUT2D eigenvalue weighted by Crippen LogP contribution is -2.17. The molecule has 0 aliphatic rings. The van der Waals surface area contributed by atoms with Gasteiger partial charge in [0, 0.05) is 11.6 Å². The lowest BCUT2D eigenvalue weighted by atomic mass is 10.0. The van der Waals surface area contributed by atoms with E-state index in [1.54, 1.807) is 26.0 Å². The summed E-state index contributed by atoms with van der Waals surface area (Å²) >= 11 is 0. The fourth-order valence-electron chi connectivity index (χ4n) is 2.24. The van der Waals surface area contributed by atoms with Gasteiger partial charge in [0.05, 0.1) is 10.6 Å². The van der Waals surface area contributed by atoms with Crippen LogP contribution < -0.4 is 10.5 Å². The molecule has 2 rings (SSSR count). The second-order valence-corrected chi connectivity index (χ2v) is 7.17. The molecule has 23 heavy (non-hydrogen) atoms. The first-order chi connectivity index (χ1) is 10.6. The van der Waals surface area contributed by atoms with Gasteiger partial charge in [0.15, 0.2) is 5.76 Å². The number of carbonyl (C=O) groups is 1. The second kappa shape index (κ2) is 6.13. The second-order valence-electron chi connectivity index (χ2n) is 5.64. The summed E-state index contributed by atoms with van der Waals surface area (Å²) in [4.78, 5) is 12.4. The van der Waals surface area contributed by atoms with Crippen molar-refractivity contribution < 1.29 is 17.7 Å². The summed E-state index contributed by atoms with van der Waals surface area (Å²) in [6, 6.07) is 4.53. The Morgan fingerprint density at radius 2 is 1.96 bits per heavy atom. The van der Waals surface area contributed by atoms with Gasteiger partial charge in [-0.1, -0.05) is 25.1 Å². The molecule has 3 N–H and O–H groups in total. The largest absolute Gasteiger partial charge is 0.360 e. The van der Waals surface area contributed by atoms with Gasteiger partial charge in [-0.25, -0.2) is 13.6 Å². The number of hydrogen-bond acceptors (Lipinski definition) is 5. The number of nitrogens with zero attached hydrogens (tertiary/aromatic N) is 1. The van der Waals surface area contributed by atoms with Crippen LogP contribution in [0.15, 0.2) is 27.6 Å². The molecular weight excluding hydrogens is 318 g/mol. The van der Waals surface area contributed by atoms with Gasteiger partial charge in [0.1, 0.15) is 5.56 Å². The summed E-state index contributed by atoms with van der Waals surface area (Å²) in [5, 5.41) is 11.7. The van der Waals surface area contributed by atoms with E-state index in [0.29, 0.717) is 28.3 Å². The van der Waals surface area contributed by atoms with Crippen molar-refractivity contribution in [3.8, 4) is 0 Å². The third-order valence-electron chi connectivity index (χ3n) is 3.39. The number of rotatable bonds is 4. The van der Waals surface area contributed by atoms with Crippen LogP contribution in [0.3, 0.4) is 0 Å². The van der Waals surface area contributed by atoms with Gasteiger partial charge >= 0.3 is 0 Å². The predicted octanol–water partition coefficient (Wildman–Crippen LogP) is 2.31. The molecule has 2 aromatic rings. The first kappa shape index (κ1) is 17.2. The molecule has 0 aliphatic carbocycles. The number of benzene rings is 1. The highest BCUT2D eigenvalue weighted by Gasteiger charge is 2.23. The SMILES string of the molecule is Cc1ccc(NC(=O)c2c(C)noc2C(C)C)cc1S(N)(=O)=O. The Kier molecular flexibility index (Phi) is 4.58. The summed E-state index contributed by atoms with van der Waals surface area (Å²) < 4.78 is 28.3. The van der Waals surface area contributed by atoms with Crippen LogP contribution >= 0.6 is 0 Å². The Balaban J connectivity index is 2.37. The maximum atomic E-state index is 12.5. The van der Waals surface area contributed by atoms with E-state index in [-0.39, 0.29) is 10.8 Å². The zero-order valence-electron chi connectivity index (χ0n) is 13.4. The number of nitrogens with two attached hydrogens (primary N) is 1. The van der Waals surface area contributed by atoms with Gasteiger partial charge in [-0.15, -0.1) is 0 Å². The molecule has 1 amide bonds. The van der Waals surface area contributed by atoms with Crippen LogP contribution in [0.5, 0.6) is 0 Å². The Hall–Kier alpha value is -2.19. The number of aryl methyl sites for hydroxylation is 2. The van der Waals surface area contributed by atoms with Crippen LogP contribution in [0.1, 0.15) is 47.1 Å². The van der Waals surface area contributed by atoms with E-state index in [2.05, 4.69) is 10.5 Å². The molecular formula is C15H19N3O4S. The van der Waals surface area contributed by atoms with Crippen LogP contribution in [-0.4, -0.2) is 19.5 Å². The van der Waals surface area contributed by atoms with Crippen molar-refractivity contribution in [1.29, 1.82) is 0 Å². The van der Waals surface area contributed by atoms with E-state index in [9.17, 15) is 13.2 Å². The minimum Gasteiger partial charge on any atom is -0.360 e. The van der Waals surface area contributed by atoms with Gasteiger partial charge in [-0.05, 0) is 31.5 Å². The van der Waals surface area contributed by atoms with Gasteiger partial charge in [0.25, 0.3) is 5.91 Å². The molecule has 7 nitrogen and oxygen atoms in total. The summed E-state index contributed by atoms with van der Waals surface area (Å²) in [5.41, 5.74) is 1.68. The molecule has 0 fully saturated rings. The van der Waals surface area contributed by atoms with E-state index in [0.717, 1.165) is 0 Å². The molecule has 0 aliphatic heterocycles. The molecule has 0 saturated heterocycles. The van der Waals surface area contributed by atoms with Crippen molar-refractivity contribution in [2.75, 3.05) is 5.32 Å². The third-order valence-corrected chi connectivity index (χ3v) is 4.45. The molecule has 0 saturated carbocycles. The maximum absolute atomic E-state index is 12.5. The average molecular weight is 337 g/mol. The number of carbonyl (C=O) groups excluding carboxylic acids is 1. The molecule has 1 aromatic heterocycles. The highest BCUT2D eigenvalue weighted by molar-refractivity contribution is 7.89. The van der Waals surface area contributed by atoms with Crippen molar-refractivity contribution >= 4 is 21.6 Å². The Bertz CT molecular complexity index is 854. The molecule has 0 bridgehead atoms. The summed E-state index contributed by atoms with van der Waals surface area (Å²) in [6.07, 6.45) is 0. The van der Waals surface area contributed by atoms with E-state index in [4.69, 9.17) is 9.66 Å². The van der Waals surface area contributed by atoms with Crippen LogP contribution in [0.25, 0.3) is 0 Å². The monoisotopic (exact) mass is 337 g/mol. The fourth-order valence-corrected chi connectivity index (χ4v) is 3.04. The van der Waals surface area contributed by atoms with Gasteiger partial charge in [0.2, 0.25) is 10.0 Å². The fraction of sp³-hybridized carbons (Fsp3) is 0.333. The number of nitrogens with one attached hydrogen (secondary N) is 1. The highest BCUT2D eigenvalue weighted by Crippen LogP contribution is 2.24. The topological polar surface area (TPSA) is 115 Å². The molecule has 0 atom stereocenters. The van der Waals surface area contributed by atoms with E-state index >= 15 is 0 Å². The zero-order chi connectivity index (χ0) is 17.4. The smallest absolute Gasteiger partial charge is 0.261 e. The van der Waals surface area contributed by atoms with Crippen LogP contribution in [-0.2, 0) is 10.0 Å². The average Bonchev–Trinajstić information content (AvgIpc) is 2.81. The minimum atomic E-state index is -3.86. The number of hydrogen-bond donors (Lipinski definition) is 2. The molecule has 8 heteroatoms. The maximum Gasteiger partial charge on any atom is 0.261 e. The van der Waals surface area contributed by atoms with E-state index in [1.807, 2.05) is 13.8 Å². The van der Waals surface area contributed by atoms with Crippen LogP contribution in [0, 0.1) is 13.8 Å². The zero-order valence-corrected chi connectivity index (χ0v) is 14.2. The molecule has 0 unspecified atom stereocenters. The van der Waals surface area contributed by atoms with Crippen molar-refractivity contribution in [1.82, 2.24) is 5.16 Å². The summed E-state index contributed by atoms with van der Waals surface area (Å²) in [5.74, 6) is 0.0744. The van der Waals surface area contributed by atoms with Crippen molar-refractivity contribution in [2.45, 2.75) is 38.5 Å². The number of anilines is 1. The first-order valence-corrected chi connectivity index (χ1v) is 8.57. The van der Waals surface area contributed by atoms with Gasteiger partial charge in [-0.3, -0.25) is 4.79 Å². The van der Waals surface area contributed by atoms with Crippen molar-refractivity contribution in [3.05, 3.63) is 40.8 Å². The predicted molar refractivity (Wildman–Crippen MR) is 85.8 cm³/mol. The highest BCUT2D eigenvalue weighted by atomic mass is 32.2. The van der Waals surface area contributed by atoms with Gasteiger partial charge < -0.3 is 9.84 Å². The van der Waals surface area contributed by atoms with Crippen molar-refractivity contribution in [2.24, 2.45) is 5.14 Å². The normalized spacial score (nSPS) is 11.7. The Morgan fingerprint density at radius 3 is 2.52 bits per heavy atom. The molecule has 1 heterocycles. The summed E-state index contributed by atoms with van der Waals surface area (Å²) in [7, 11) is -3.86. The molecule has 0 spiro atoms. The quantitative estimate of drug-likeness (QED) is 0.888. The molecule has 0 radical (unpaired) electrons. The number of primary sulfonamides is 1. The lowest BCUT2D eigenvalue weighted by molar-refractivity contribution is 0.102. The molecule has 1 aromatic carbocycles. The van der Waals surface area contributed by atoms with E-state index in [1.165, 1.54) is 6.07 Å². The van der Waals surface area contributed by atoms with Crippen LogP contribution in [0.2, 0.25) is 0 Å². The molecule has 124 valence electrons. The summed E-state index contributed by atoms with van der Waals surface area (Å²) in [6.45, 7) is 7.09. The number of sulfonamides is 1. The Labute approximate surface area is 134 Å². The first-order valence-electron chi connectivity index (χ1n) is 7.02. The standard InChI is InChI=1S/C15H19N3O4S/c1-8(2)14-13(10(4)18-22-14)15(19)17-11-6-5-9(3)12(7-11)23(16,20)21/h5-8H,1-4H3,(H,17,19)(H2,16,20,21). The number of aromatic nitrogens is 1. The van der Waals surface area contributed by atoms with Crippen LogP contribution in [0.4, 0.5) is 5.69 Å².